The Morgan fingerprint density at radius 2 is 2.00 bits per heavy atom. The van der Waals surface area contributed by atoms with Gasteiger partial charge < -0.3 is 28.8 Å². The van der Waals surface area contributed by atoms with Crippen molar-refractivity contribution in [2.75, 3.05) is 34.0 Å². The summed E-state index contributed by atoms with van der Waals surface area (Å²) in [6.45, 7) is 2.00. The highest BCUT2D eigenvalue weighted by Gasteiger charge is 2.47. The summed E-state index contributed by atoms with van der Waals surface area (Å²) in [5.41, 5.74) is -0.262. The normalized spacial score (nSPS) is 17.8. The zero-order valence-corrected chi connectivity index (χ0v) is 20.5. The number of hydrogen-bond donors (Lipinski definition) is 1. The minimum atomic E-state index is -1.36. The van der Waals surface area contributed by atoms with E-state index in [0.29, 0.717) is 38.1 Å². The number of amides is 2. The highest BCUT2D eigenvalue weighted by molar-refractivity contribution is 6.35. The van der Waals surface area contributed by atoms with Crippen LogP contribution in [0.5, 0.6) is 11.5 Å². The monoisotopic (exact) mass is 506 g/mol. The topological polar surface area (TPSA) is 90.2 Å². The van der Waals surface area contributed by atoms with Gasteiger partial charge in [0.15, 0.2) is 11.3 Å². The smallest absolute Gasteiger partial charge is 0.294 e. The van der Waals surface area contributed by atoms with Crippen molar-refractivity contribution >= 4 is 46.0 Å². The first kappa shape index (κ1) is 24.2. The fourth-order valence-corrected chi connectivity index (χ4v) is 4.50. The maximum absolute atomic E-state index is 13.6. The van der Waals surface area contributed by atoms with Crippen molar-refractivity contribution in [1.29, 1.82) is 0 Å². The Morgan fingerprint density at radius 3 is 2.74 bits per heavy atom. The van der Waals surface area contributed by atoms with E-state index in [1.165, 1.54) is 19.1 Å². The molecule has 1 aliphatic heterocycles. The average Bonchev–Trinajstić information content (AvgIpc) is 3.15. The first-order chi connectivity index (χ1) is 16.3. The average molecular weight is 507 g/mol. The maximum atomic E-state index is 13.6. The molecular weight excluding hydrogens is 483 g/mol. The Morgan fingerprint density at radius 1 is 1.24 bits per heavy atom. The molecule has 8 nitrogen and oxygen atoms in total. The Labute approximate surface area is 206 Å². The molecule has 4 rings (SSSR count). The third kappa shape index (κ3) is 4.29. The van der Waals surface area contributed by atoms with Crippen LogP contribution in [0.3, 0.4) is 0 Å². The minimum absolute atomic E-state index is 0.0521. The number of fused-ring (bicyclic) bond motifs is 3. The Kier molecular flexibility index (Phi) is 6.93. The Bertz CT molecular complexity index is 1240. The second-order valence-electron chi connectivity index (χ2n) is 8.02. The molecular formula is C24H24Cl2N2O6. The van der Waals surface area contributed by atoms with Crippen LogP contribution in [-0.2, 0) is 16.1 Å². The van der Waals surface area contributed by atoms with E-state index in [1.807, 2.05) is 18.2 Å². The van der Waals surface area contributed by atoms with Crippen LogP contribution in [0.15, 0.2) is 40.8 Å². The van der Waals surface area contributed by atoms with Crippen LogP contribution in [0.1, 0.15) is 23.0 Å². The van der Waals surface area contributed by atoms with E-state index in [9.17, 15) is 9.59 Å². The van der Waals surface area contributed by atoms with Crippen molar-refractivity contribution < 1.29 is 28.2 Å². The van der Waals surface area contributed by atoms with Gasteiger partial charge in [-0.15, -0.1) is 0 Å². The van der Waals surface area contributed by atoms with Gasteiger partial charge in [0.1, 0.15) is 17.9 Å². The quantitative estimate of drug-likeness (QED) is 0.513. The van der Waals surface area contributed by atoms with E-state index < -0.39 is 17.4 Å². The van der Waals surface area contributed by atoms with Gasteiger partial charge in [-0.05, 0) is 31.2 Å². The van der Waals surface area contributed by atoms with E-state index >= 15 is 0 Å². The molecule has 0 fully saturated rings. The van der Waals surface area contributed by atoms with E-state index in [-0.39, 0.29) is 32.1 Å². The molecule has 0 saturated heterocycles. The van der Waals surface area contributed by atoms with Gasteiger partial charge in [0.25, 0.3) is 5.91 Å². The number of rotatable bonds is 7. The molecule has 2 aromatic carbocycles. The summed E-state index contributed by atoms with van der Waals surface area (Å²) >= 11 is 12.4. The molecule has 0 saturated carbocycles. The number of carbonyl (C=O) groups excluding carboxylic acids is 2. The number of hydrogen-bond acceptors (Lipinski definition) is 6. The van der Waals surface area contributed by atoms with Gasteiger partial charge in [0.2, 0.25) is 11.7 Å². The number of benzene rings is 2. The second-order valence-corrected chi connectivity index (χ2v) is 8.86. The molecule has 1 aliphatic rings. The largest absolute Gasteiger partial charge is 0.496 e. The summed E-state index contributed by atoms with van der Waals surface area (Å²) < 4.78 is 22.4. The lowest BCUT2D eigenvalue weighted by Gasteiger charge is -2.37. The fourth-order valence-electron chi connectivity index (χ4n) is 3.95. The molecule has 2 heterocycles. The lowest BCUT2D eigenvalue weighted by atomic mass is 9.99. The molecule has 0 spiro atoms. The standard InChI is InChI=1S/C24H24Cl2N2O6/c1-24(23(30)27-12-16-17(26)10-14(25)11-19(16)32-3)13-33-20-15-6-4-5-7-18(15)34-21(20)22(29)28(24)8-9-31-2/h4-7,10-11H,8-9,12-13H2,1-3H3,(H,27,30). The van der Waals surface area contributed by atoms with Gasteiger partial charge in [-0.1, -0.05) is 35.3 Å². The number of ether oxygens (including phenoxy) is 3. The minimum Gasteiger partial charge on any atom is -0.496 e. The SMILES string of the molecule is COCCN1C(=O)c2oc3ccccc3c2OCC1(C)C(=O)NCc1c(Cl)cc(Cl)cc1OC. The van der Waals surface area contributed by atoms with E-state index in [0.717, 1.165) is 0 Å². The zero-order chi connectivity index (χ0) is 24.5. The molecule has 1 aromatic heterocycles. The van der Waals surface area contributed by atoms with Gasteiger partial charge in [-0.3, -0.25) is 9.59 Å². The number of carbonyl (C=O) groups is 2. The van der Waals surface area contributed by atoms with E-state index in [1.54, 1.807) is 25.1 Å². The Hall–Kier alpha value is -2.94. The van der Waals surface area contributed by atoms with Crippen molar-refractivity contribution in [3.8, 4) is 11.5 Å². The van der Waals surface area contributed by atoms with E-state index in [2.05, 4.69) is 5.32 Å². The van der Waals surface area contributed by atoms with Crippen LogP contribution >= 0.6 is 23.2 Å². The maximum Gasteiger partial charge on any atom is 0.294 e. The van der Waals surface area contributed by atoms with Crippen LogP contribution in [-0.4, -0.2) is 56.2 Å². The molecule has 3 aromatic rings. The molecule has 10 heteroatoms. The molecule has 1 unspecified atom stereocenters. The highest BCUT2D eigenvalue weighted by Crippen LogP contribution is 2.38. The van der Waals surface area contributed by atoms with Crippen molar-refractivity contribution in [2.45, 2.75) is 19.0 Å². The van der Waals surface area contributed by atoms with Crippen molar-refractivity contribution in [3.05, 3.63) is 57.8 Å². The van der Waals surface area contributed by atoms with Gasteiger partial charge >= 0.3 is 0 Å². The van der Waals surface area contributed by atoms with Crippen LogP contribution in [0.2, 0.25) is 10.0 Å². The van der Waals surface area contributed by atoms with E-state index in [4.69, 9.17) is 41.8 Å². The molecule has 34 heavy (non-hydrogen) atoms. The predicted octanol–water partition coefficient (Wildman–Crippen LogP) is 4.30. The lowest BCUT2D eigenvalue weighted by molar-refractivity contribution is -0.133. The van der Waals surface area contributed by atoms with Crippen LogP contribution in [0.25, 0.3) is 11.0 Å². The lowest BCUT2D eigenvalue weighted by Crippen LogP contribution is -2.61. The van der Waals surface area contributed by atoms with Gasteiger partial charge in [0.05, 0.1) is 24.1 Å². The first-order valence-corrected chi connectivity index (χ1v) is 11.3. The van der Waals surface area contributed by atoms with Gasteiger partial charge in [-0.25, -0.2) is 0 Å². The predicted molar refractivity (Wildman–Crippen MR) is 128 cm³/mol. The van der Waals surface area contributed by atoms with Crippen LogP contribution in [0, 0.1) is 0 Å². The summed E-state index contributed by atoms with van der Waals surface area (Å²) in [5, 5.41) is 4.30. The van der Waals surface area contributed by atoms with Crippen molar-refractivity contribution in [1.82, 2.24) is 10.2 Å². The Balaban J connectivity index is 1.65. The van der Waals surface area contributed by atoms with Crippen molar-refractivity contribution in [3.63, 3.8) is 0 Å². The van der Waals surface area contributed by atoms with Gasteiger partial charge in [-0.2, -0.15) is 0 Å². The third-order valence-corrected chi connectivity index (χ3v) is 6.41. The molecule has 0 aliphatic carbocycles. The summed E-state index contributed by atoms with van der Waals surface area (Å²) in [6.07, 6.45) is 0. The summed E-state index contributed by atoms with van der Waals surface area (Å²) in [4.78, 5) is 28.5. The highest BCUT2D eigenvalue weighted by atomic mass is 35.5. The number of para-hydroxylation sites is 1. The number of nitrogens with zero attached hydrogens (tertiary/aromatic N) is 1. The number of methoxy groups -OCH3 is 2. The molecule has 180 valence electrons. The molecule has 1 N–H and O–H groups in total. The second kappa shape index (κ2) is 9.74. The number of furan rings is 1. The summed E-state index contributed by atoms with van der Waals surface area (Å²) in [7, 11) is 3.02. The molecule has 2 amide bonds. The van der Waals surface area contributed by atoms with Crippen LogP contribution in [0.4, 0.5) is 0 Å². The first-order valence-electron chi connectivity index (χ1n) is 10.6. The van der Waals surface area contributed by atoms with Crippen molar-refractivity contribution in [2.24, 2.45) is 0 Å². The third-order valence-electron chi connectivity index (χ3n) is 5.86. The molecule has 0 bridgehead atoms. The number of halogens is 2. The summed E-state index contributed by atoms with van der Waals surface area (Å²) in [6, 6.07) is 10.4. The zero-order valence-electron chi connectivity index (χ0n) is 18.9. The summed E-state index contributed by atoms with van der Waals surface area (Å²) in [5.74, 6) is -0.0729. The van der Waals surface area contributed by atoms with Crippen LogP contribution < -0.4 is 14.8 Å². The molecule has 0 radical (unpaired) electrons. The fraction of sp³-hybridized carbons (Fsp3) is 0.333. The van der Waals surface area contributed by atoms with Gasteiger partial charge in [0, 0.05) is 30.8 Å². The number of nitrogens with one attached hydrogen (secondary N) is 1. The molecule has 1 atom stereocenters.